The quantitative estimate of drug-likeness (QED) is 0.821. The molecule has 0 radical (unpaired) electrons. The first kappa shape index (κ1) is 9.86. The van der Waals surface area contributed by atoms with Crippen LogP contribution in [0.3, 0.4) is 0 Å². The second kappa shape index (κ2) is 3.82. The molecule has 2 rings (SSSR count). The molecule has 5 heteroatoms. The summed E-state index contributed by atoms with van der Waals surface area (Å²) in [5.74, 6) is 0.515. The van der Waals surface area contributed by atoms with Crippen LogP contribution < -0.4 is 5.73 Å². The van der Waals surface area contributed by atoms with Gasteiger partial charge in [-0.1, -0.05) is 6.07 Å². The molecule has 0 spiro atoms. The topological polar surface area (TPSA) is 42.1 Å². The second-order valence-corrected chi connectivity index (χ2v) is 4.28. The SMILES string of the molecule is Nc1nc(Br)ccc1CN1CC(F)C1. The minimum absolute atomic E-state index is 0.509. The molecular formula is C9H11BrFN3. The zero-order valence-electron chi connectivity index (χ0n) is 7.58. The van der Waals surface area contributed by atoms with E-state index in [1.807, 2.05) is 17.0 Å². The number of alkyl halides is 1. The number of nitrogens with zero attached hydrogens (tertiary/aromatic N) is 2. The van der Waals surface area contributed by atoms with Gasteiger partial charge in [0.25, 0.3) is 0 Å². The molecule has 0 saturated carbocycles. The van der Waals surface area contributed by atoms with Gasteiger partial charge in [-0.2, -0.15) is 0 Å². The van der Waals surface area contributed by atoms with Crippen LogP contribution in [0.2, 0.25) is 0 Å². The molecule has 1 aliphatic rings. The summed E-state index contributed by atoms with van der Waals surface area (Å²) in [5, 5.41) is 0. The molecule has 1 aromatic rings. The van der Waals surface area contributed by atoms with Crippen molar-refractivity contribution in [1.82, 2.24) is 9.88 Å². The molecule has 0 unspecified atom stereocenters. The molecule has 0 bridgehead atoms. The average molecular weight is 260 g/mol. The summed E-state index contributed by atoms with van der Waals surface area (Å²) in [4.78, 5) is 6.08. The summed E-state index contributed by atoms with van der Waals surface area (Å²) in [6.07, 6.45) is -0.667. The number of likely N-dealkylation sites (tertiary alicyclic amines) is 1. The Kier molecular flexibility index (Phi) is 2.69. The van der Waals surface area contributed by atoms with Crippen LogP contribution in [0.15, 0.2) is 16.7 Å². The van der Waals surface area contributed by atoms with Crippen molar-refractivity contribution in [2.75, 3.05) is 18.8 Å². The fraction of sp³-hybridized carbons (Fsp3) is 0.444. The highest BCUT2D eigenvalue weighted by molar-refractivity contribution is 9.10. The zero-order valence-corrected chi connectivity index (χ0v) is 9.17. The van der Waals surface area contributed by atoms with Gasteiger partial charge in [-0.15, -0.1) is 0 Å². The molecule has 2 N–H and O–H groups in total. The predicted molar refractivity (Wildman–Crippen MR) is 56.5 cm³/mol. The Hall–Kier alpha value is -0.680. The first-order chi connectivity index (χ1) is 6.65. The fourth-order valence-corrected chi connectivity index (χ4v) is 1.81. The van der Waals surface area contributed by atoms with E-state index in [1.165, 1.54) is 0 Å². The van der Waals surface area contributed by atoms with Crippen molar-refractivity contribution in [3.63, 3.8) is 0 Å². The van der Waals surface area contributed by atoms with Crippen molar-refractivity contribution in [1.29, 1.82) is 0 Å². The van der Waals surface area contributed by atoms with Gasteiger partial charge in [-0.3, -0.25) is 4.90 Å². The lowest BCUT2D eigenvalue weighted by Gasteiger charge is -2.34. The third kappa shape index (κ3) is 2.04. The van der Waals surface area contributed by atoms with Crippen molar-refractivity contribution in [3.8, 4) is 0 Å². The van der Waals surface area contributed by atoms with Gasteiger partial charge in [0.15, 0.2) is 0 Å². The molecule has 2 heterocycles. The van der Waals surface area contributed by atoms with Crippen LogP contribution in [0.4, 0.5) is 10.2 Å². The van der Waals surface area contributed by atoms with Gasteiger partial charge in [0, 0.05) is 25.2 Å². The molecule has 0 aliphatic carbocycles. The molecule has 3 nitrogen and oxygen atoms in total. The molecule has 1 aromatic heterocycles. The Morgan fingerprint density at radius 1 is 1.57 bits per heavy atom. The molecule has 0 atom stereocenters. The van der Waals surface area contributed by atoms with Crippen LogP contribution in [-0.2, 0) is 6.54 Å². The fourth-order valence-electron chi connectivity index (χ4n) is 1.49. The van der Waals surface area contributed by atoms with Gasteiger partial charge in [0.05, 0.1) is 0 Å². The van der Waals surface area contributed by atoms with Crippen molar-refractivity contribution >= 4 is 21.7 Å². The predicted octanol–water partition coefficient (Wildman–Crippen LogP) is 1.58. The minimum atomic E-state index is -0.667. The third-order valence-corrected chi connectivity index (χ3v) is 2.73. The molecule has 0 amide bonds. The van der Waals surface area contributed by atoms with Crippen LogP contribution in [0.5, 0.6) is 0 Å². The summed E-state index contributed by atoms with van der Waals surface area (Å²) >= 11 is 3.24. The summed E-state index contributed by atoms with van der Waals surface area (Å²) in [6, 6.07) is 3.76. The smallest absolute Gasteiger partial charge is 0.129 e. The summed E-state index contributed by atoms with van der Waals surface area (Å²) in [5.41, 5.74) is 6.68. The first-order valence-electron chi connectivity index (χ1n) is 4.42. The van der Waals surface area contributed by atoms with Crippen LogP contribution in [0, 0.1) is 0 Å². The standard InChI is InChI=1S/C9H11BrFN3/c10-8-2-1-6(9(12)13-8)3-14-4-7(11)5-14/h1-2,7H,3-5H2,(H2,12,13). The Bertz CT molecular complexity index is 339. The second-order valence-electron chi connectivity index (χ2n) is 3.47. The highest BCUT2D eigenvalue weighted by atomic mass is 79.9. The minimum Gasteiger partial charge on any atom is -0.383 e. The lowest BCUT2D eigenvalue weighted by atomic mass is 10.1. The largest absolute Gasteiger partial charge is 0.383 e. The lowest BCUT2D eigenvalue weighted by molar-refractivity contribution is 0.0592. The van der Waals surface area contributed by atoms with E-state index >= 15 is 0 Å². The Labute approximate surface area is 90.2 Å². The third-order valence-electron chi connectivity index (χ3n) is 2.28. The maximum Gasteiger partial charge on any atom is 0.129 e. The van der Waals surface area contributed by atoms with Gasteiger partial charge in [-0.25, -0.2) is 9.37 Å². The molecule has 1 saturated heterocycles. The number of hydrogen-bond donors (Lipinski definition) is 1. The van der Waals surface area contributed by atoms with Gasteiger partial charge in [-0.05, 0) is 22.0 Å². The highest BCUT2D eigenvalue weighted by Gasteiger charge is 2.26. The van der Waals surface area contributed by atoms with Crippen LogP contribution in [0.1, 0.15) is 5.56 Å². The lowest BCUT2D eigenvalue weighted by Crippen LogP contribution is -2.47. The maximum absolute atomic E-state index is 12.5. The van der Waals surface area contributed by atoms with E-state index in [2.05, 4.69) is 20.9 Å². The summed E-state index contributed by atoms with van der Waals surface area (Å²) in [7, 11) is 0. The molecule has 76 valence electrons. The number of anilines is 1. The average Bonchev–Trinajstić information content (AvgIpc) is 2.06. The molecule has 0 aromatic carbocycles. The van der Waals surface area contributed by atoms with Crippen LogP contribution in [0.25, 0.3) is 0 Å². The molecule has 14 heavy (non-hydrogen) atoms. The van der Waals surface area contributed by atoms with E-state index in [0.29, 0.717) is 25.5 Å². The number of nitrogen functional groups attached to an aromatic ring is 1. The number of nitrogens with two attached hydrogens (primary N) is 1. The Morgan fingerprint density at radius 3 is 2.86 bits per heavy atom. The molecular weight excluding hydrogens is 249 g/mol. The monoisotopic (exact) mass is 259 g/mol. The van der Waals surface area contributed by atoms with Crippen molar-refractivity contribution < 1.29 is 4.39 Å². The number of pyridine rings is 1. The van der Waals surface area contributed by atoms with Gasteiger partial charge in [0.2, 0.25) is 0 Å². The Morgan fingerprint density at radius 2 is 2.29 bits per heavy atom. The van der Waals surface area contributed by atoms with Crippen molar-refractivity contribution in [2.24, 2.45) is 0 Å². The first-order valence-corrected chi connectivity index (χ1v) is 5.22. The van der Waals surface area contributed by atoms with Crippen LogP contribution >= 0.6 is 15.9 Å². The summed E-state index contributed by atoms with van der Waals surface area (Å²) in [6.45, 7) is 1.71. The van der Waals surface area contributed by atoms with Crippen LogP contribution in [-0.4, -0.2) is 29.1 Å². The van der Waals surface area contributed by atoms with E-state index in [4.69, 9.17) is 5.73 Å². The highest BCUT2D eigenvalue weighted by Crippen LogP contribution is 2.19. The Balaban J connectivity index is 2.02. The van der Waals surface area contributed by atoms with E-state index in [9.17, 15) is 4.39 Å². The van der Waals surface area contributed by atoms with E-state index < -0.39 is 6.17 Å². The molecule has 1 aliphatic heterocycles. The molecule has 1 fully saturated rings. The van der Waals surface area contributed by atoms with Gasteiger partial charge < -0.3 is 5.73 Å². The van der Waals surface area contributed by atoms with Gasteiger partial charge >= 0.3 is 0 Å². The summed E-state index contributed by atoms with van der Waals surface area (Å²) < 4.78 is 13.3. The zero-order chi connectivity index (χ0) is 10.1. The van der Waals surface area contributed by atoms with E-state index in [1.54, 1.807) is 0 Å². The van der Waals surface area contributed by atoms with Crippen molar-refractivity contribution in [3.05, 3.63) is 22.3 Å². The number of rotatable bonds is 2. The van der Waals surface area contributed by atoms with Gasteiger partial charge in [0.1, 0.15) is 16.6 Å². The normalized spacial score (nSPS) is 18.1. The van der Waals surface area contributed by atoms with E-state index in [-0.39, 0.29) is 0 Å². The number of halogens is 2. The number of aromatic nitrogens is 1. The van der Waals surface area contributed by atoms with E-state index in [0.717, 1.165) is 10.2 Å². The van der Waals surface area contributed by atoms with Crippen molar-refractivity contribution in [2.45, 2.75) is 12.7 Å². The number of hydrogen-bond acceptors (Lipinski definition) is 3. The maximum atomic E-state index is 12.5.